The van der Waals surface area contributed by atoms with E-state index in [1.807, 2.05) is 38.4 Å². The molecule has 0 aromatic heterocycles. The highest BCUT2D eigenvalue weighted by Crippen LogP contribution is 2.19. The maximum absolute atomic E-state index is 11.8. The van der Waals surface area contributed by atoms with Crippen molar-refractivity contribution >= 4 is 11.9 Å². The monoisotopic (exact) mass is 320 g/mol. The molecule has 1 N–H and O–H groups in total. The molecular weight excluding hydrogens is 296 g/mol. The van der Waals surface area contributed by atoms with E-state index in [4.69, 9.17) is 9.84 Å². The van der Waals surface area contributed by atoms with Gasteiger partial charge in [0.15, 0.2) is 0 Å². The highest BCUT2D eigenvalue weighted by atomic mass is 16.5. The van der Waals surface area contributed by atoms with E-state index in [1.165, 1.54) is 0 Å². The maximum Gasteiger partial charge on any atom is 0.308 e. The highest BCUT2D eigenvalue weighted by molar-refractivity contribution is 5.86. The molecule has 1 unspecified atom stereocenters. The van der Waals surface area contributed by atoms with Crippen molar-refractivity contribution in [2.45, 2.75) is 12.8 Å². The van der Waals surface area contributed by atoms with Gasteiger partial charge in [0.1, 0.15) is 12.4 Å². The number of likely N-dealkylation sites (N-methyl/N-ethyl adjacent to an activating group) is 1. The Kier molecular flexibility index (Phi) is 5.98. The summed E-state index contributed by atoms with van der Waals surface area (Å²) >= 11 is 0. The number of benzene rings is 1. The van der Waals surface area contributed by atoms with Crippen LogP contribution in [0.2, 0.25) is 0 Å². The van der Waals surface area contributed by atoms with Crippen molar-refractivity contribution in [1.82, 2.24) is 9.80 Å². The summed E-state index contributed by atoms with van der Waals surface area (Å²) in [6.45, 7) is 2.39. The number of hydrogen-bond acceptors (Lipinski definition) is 4. The van der Waals surface area contributed by atoms with Gasteiger partial charge in [-0.25, -0.2) is 0 Å². The van der Waals surface area contributed by atoms with Crippen LogP contribution in [0, 0.1) is 5.92 Å². The molecule has 1 aromatic rings. The van der Waals surface area contributed by atoms with Gasteiger partial charge in [0.05, 0.1) is 5.92 Å². The van der Waals surface area contributed by atoms with Gasteiger partial charge in [0, 0.05) is 26.1 Å². The van der Waals surface area contributed by atoms with Crippen molar-refractivity contribution in [3.05, 3.63) is 29.8 Å². The van der Waals surface area contributed by atoms with E-state index in [2.05, 4.69) is 4.90 Å². The Balaban J connectivity index is 1.78. The zero-order valence-corrected chi connectivity index (χ0v) is 13.7. The largest absolute Gasteiger partial charge is 0.492 e. The molecule has 0 spiro atoms. The summed E-state index contributed by atoms with van der Waals surface area (Å²) in [5, 5.41) is 8.97. The average Bonchev–Trinajstić information content (AvgIpc) is 2.87. The van der Waals surface area contributed by atoms with Gasteiger partial charge in [-0.3, -0.25) is 9.59 Å². The van der Waals surface area contributed by atoms with Crippen LogP contribution in [0.4, 0.5) is 0 Å². The zero-order valence-electron chi connectivity index (χ0n) is 13.7. The molecule has 1 amide bonds. The lowest BCUT2D eigenvalue weighted by Crippen LogP contribution is -2.28. The number of hydrogen-bond donors (Lipinski definition) is 1. The number of ether oxygens (including phenoxy) is 1. The van der Waals surface area contributed by atoms with Crippen LogP contribution in [-0.4, -0.2) is 67.1 Å². The summed E-state index contributed by atoms with van der Waals surface area (Å²) in [6.07, 6.45) is 0.837. The highest BCUT2D eigenvalue weighted by Gasteiger charge is 2.33. The number of aliphatic carboxylic acids is 1. The number of carbonyl (C=O) groups excluding carboxylic acids is 1. The summed E-state index contributed by atoms with van der Waals surface area (Å²) in [7, 11) is 4.00. The number of nitrogens with zero attached hydrogens (tertiary/aromatic N) is 2. The summed E-state index contributed by atoms with van der Waals surface area (Å²) in [6, 6.07) is 7.83. The Bertz CT molecular complexity index is 542. The van der Waals surface area contributed by atoms with Crippen LogP contribution in [0.5, 0.6) is 5.75 Å². The molecule has 126 valence electrons. The second kappa shape index (κ2) is 7.97. The third-order valence-electron chi connectivity index (χ3n) is 3.96. The quantitative estimate of drug-likeness (QED) is 0.777. The van der Waals surface area contributed by atoms with Crippen molar-refractivity contribution < 1.29 is 19.4 Å². The number of carboxylic acids is 1. The Hall–Kier alpha value is -2.08. The predicted molar refractivity (Wildman–Crippen MR) is 86.5 cm³/mol. The number of carbonyl (C=O) groups is 2. The predicted octanol–water partition coefficient (Wildman–Crippen LogP) is 1.10. The minimum Gasteiger partial charge on any atom is -0.492 e. The van der Waals surface area contributed by atoms with Crippen LogP contribution in [0.25, 0.3) is 0 Å². The van der Waals surface area contributed by atoms with E-state index >= 15 is 0 Å². The molecule has 23 heavy (non-hydrogen) atoms. The summed E-state index contributed by atoms with van der Waals surface area (Å²) in [5.41, 5.74) is 1.11. The molecule has 0 aliphatic carbocycles. The van der Waals surface area contributed by atoms with Crippen molar-refractivity contribution in [3.63, 3.8) is 0 Å². The van der Waals surface area contributed by atoms with E-state index < -0.39 is 11.9 Å². The number of carboxylic acid groups (broad SMARTS) is 1. The first-order valence-electron chi connectivity index (χ1n) is 7.83. The first-order valence-corrected chi connectivity index (χ1v) is 7.83. The average molecular weight is 320 g/mol. The van der Waals surface area contributed by atoms with E-state index in [1.54, 1.807) is 4.90 Å². The van der Waals surface area contributed by atoms with Gasteiger partial charge in [-0.2, -0.15) is 0 Å². The van der Waals surface area contributed by atoms with Crippen LogP contribution in [0.3, 0.4) is 0 Å². The number of likely N-dealkylation sites (tertiary alicyclic amines) is 1. The van der Waals surface area contributed by atoms with E-state index in [0.29, 0.717) is 19.7 Å². The fourth-order valence-electron chi connectivity index (χ4n) is 2.52. The smallest absolute Gasteiger partial charge is 0.308 e. The molecule has 1 atom stereocenters. The van der Waals surface area contributed by atoms with Crippen LogP contribution in [0.15, 0.2) is 24.3 Å². The van der Waals surface area contributed by atoms with Gasteiger partial charge in [0.2, 0.25) is 5.91 Å². The minimum absolute atomic E-state index is 0.0685. The SMILES string of the molecule is CN(C)CCOc1ccc(CCN2CC(C(=O)O)CC2=O)cc1. The van der Waals surface area contributed by atoms with E-state index in [-0.39, 0.29) is 12.3 Å². The van der Waals surface area contributed by atoms with Crippen LogP contribution in [-0.2, 0) is 16.0 Å². The normalized spacial score (nSPS) is 17.8. The van der Waals surface area contributed by atoms with Crippen LogP contribution >= 0.6 is 0 Å². The lowest BCUT2D eigenvalue weighted by atomic mass is 10.1. The van der Waals surface area contributed by atoms with Crippen molar-refractivity contribution in [2.75, 3.05) is 40.3 Å². The molecule has 1 saturated heterocycles. The molecule has 6 heteroatoms. The maximum atomic E-state index is 11.8. The minimum atomic E-state index is -0.889. The topological polar surface area (TPSA) is 70.1 Å². The van der Waals surface area contributed by atoms with Crippen molar-refractivity contribution in [1.29, 1.82) is 0 Å². The van der Waals surface area contributed by atoms with E-state index in [0.717, 1.165) is 24.3 Å². The van der Waals surface area contributed by atoms with Crippen LogP contribution < -0.4 is 4.74 Å². The van der Waals surface area contributed by atoms with Gasteiger partial charge < -0.3 is 19.6 Å². The summed E-state index contributed by atoms with van der Waals surface area (Å²) < 4.78 is 5.64. The molecule has 1 aliphatic rings. The lowest BCUT2D eigenvalue weighted by molar-refractivity contribution is -0.141. The Labute approximate surface area is 136 Å². The summed E-state index contributed by atoms with van der Waals surface area (Å²) in [5.74, 6) is -0.685. The fraction of sp³-hybridized carbons (Fsp3) is 0.529. The number of amides is 1. The molecule has 0 saturated carbocycles. The Morgan fingerprint density at radius 2 is 2.04 bits per heavy atom. The second-order valence-electron chi connectivity index (χ2n) is 6.12. The molecular formula is C17H24N2O4. The summed E-state index contributed by atoms with van der Waals surface area (Å²) in [4.78, 5) is 26.4. The first-order chi connectivity index (χ1) is 11.0. The van der Waals surface area contributed by atoms with Gasteiger partial charge >= 0.3 is 5.97 Å². The molecule has 1 aliphatic heterocycles. The van der Waals surface area contributed by atoms with Gasteiger partial charge in [-0.15, -0.1) is 0 Å². The molecule has 0 radical (unpaired) electrons. The Morgan fingerprint density at radius 1 is 1.35 bits per heavy atom. The first kappa shape index (κ1) is 17.3. The Morgan fingerprint density at radius 3 is 2.61 bits per heavy atom. The fourth-order valence-corrected chi connectivity index (χ4v) is 2.52. The third-order valence-corrected chi connectivity index (χ3v) is 3.96. The van der Waals surface area contributed by atoms with Crippen LogP contribution in [0.1, 0.15) is 12.0 Å². The van der Waals surface area contributed by atoms with Gasteiger partial charge in [-0.05, 0) is 38.2 Å². The molecule has 1 fully saturated rings. The molecule has 2 rings (SSSR count). The van der Waals surface area contributed by atoms with Gasteiger partial charge in [-0.1, -0.05) is 12.1 Å². The molecule has 1 aromatic carbocycles. The van der Waals surface area contributed by atoms with E-state index in [9.17, 15) is 9.59 Å². The molecule has 6 nitrogen and oxygen atoms in total. The lowest BCUT2D eigenvalue weighted by Gasteiger charge is -2.16. The zero-order chi connectivity index (χ0) is 16.8. The molecule has 1 heterocycles. The van der Waals surface area contributed by atoms with Crippen molar-refractivity contribution in [3.8, 4) is 5.75 Å². The second-order valence-corrected chi connectivity index (χ2v) is 6.12. The number of rotatable bonds is 8. The van der Waals surface area contributed by atoms with Gasteiger partial charge in [0.25, 0.3) is 0 Å². The third kappa shape index (κ3) is 5.25. The standard InChI is InChI=1S/C17H24N2O4/c1-18(2)9-10-23-15-5-3-13(4-6-15)7-8-19-12-14(17(21)22)11-16(19)20/h3-6,14H,7-12H2,1-2H3,(H,21,22). The van der Waals surface area contributed by atoms with Crippen molar-refractivity contribution in [2.24, 2.45) is 5.92 Å². The molecule has 0 bridgehead atoms.